The van der Waals surface area contributed by atoms with E-state index in [9.17, 15) is 9.59 Å². The molecular weight excluding hydrogens is 564 g/mol. The van der Waals surface area contributed by atoms with Gasteiger partial charge in [-0.25, -0.2) is 4.39 Å². The molecule has 41 heavy (non-hydrogen) atoms. The molecule has 2 atom stereocenters. The van der Waals surface area contributed by atoms with Crippen LogP contribution in [0.15, 0.2) is 36.4 Å². The highest BCUT2D eigenvalue weighted by molar-refractivity contribution is 6.35. The zero-order valence-electron chi connectivity index (χ0n) is 24.3. The van der Waals surface area contributed by atoms with Crippen LogP contribution in [0.1, 0.15) is 57.6 Å². The van der Waals surface area contributed by atoms with E-state index in [4.69, 9.17) is 28.9 Å². The Labute approximate surface area is 253 Å². The third-order valence-electron chi connectivity index (χ3n) is 8.00. The highest BCUT2D eigenvalue weighted by Crippen LogP contribution is 2.35. The van der Waals surface area contributed by atoms with Crippen LogP contribution in [0.25, 0.3) is 0 Å². The second-order valence-electron chi connectivity index (χ2n) is 11.6. The van der Waals surface area contributed by atoms with Crippen molar-refractivity contribution in [3.05, 3.63) is 63.4 Å². The fourth-order valence-corrected chi connectivity index (χ4v) is 6.54. The monoisotopic (exact) mass is 605 g/mol. The maximum Gasteiger partial charge on any atom is 0.245 e. The van der Waals surface area contributed by atoms with Crippen LogP contribution in [0.2, 0.25) is 10.0 Å². The van der Waals surface area contributed by atoms with Gasteiger partial charge in [-0.2, -0.15) is 0 Å². The zero-order valence-corrected chi connectivity index (χ0v) is 25.8. The first-order valence-electron chi connectivity index (χ1n) is 14.6. The van der Waals surface area contributed by atoms with Crippen molar-refractivity contribution in [2.45, 2.75) is 64.6 Å². The molecule has 0 aromatic heterocycles. The van der Waals surface area contributed by atoms with Crippen LogP contribution in [-0.4, -0.2) is 66.9 Å². The van der Waals surface area contributed by atoms with Crippen LogP contribution in [0.3, 0.4) is 0 Å². The van der Waals surface area contributed by atoms with Crippen molar-refractivity contribution in [2.75, 3.05) is 44.2 Å². The minimum atomic E-state index is -0.881. The molecule has 2 saturated heterocycles. The number of rotatable bonds is 11. The molecule has 0 radical (unpaired) electrons. The predicted molar refractivity (Wildman–Crippen MR) is 164 cm³/mol. The van der Waals surface area contributed by atoms with Crippen LogP contribution in [0, 0.1) is 11.7 Å². The molecule has 2 aromatic carbocycles. The van der Waals surface area contributed by atoms with Crippen molar-refractivity contribution in [1.29, 1.82) is 0 Å². The summed E-state index contributed by atoms with van der Waals surface area (Å²) in [5.41, 5.74) is 8.06. The third-order valence-corrected chi connectivity index (χ3v) is 8.58. The van der Waals surface area contributed by atoms with Gasteiger partial charge in [0.2, 0.25) is 11.8 Å². The Morgan fingerprint density at radius 2 is 1.85 bits per heavy atom. The van der Waals surface area contributed by atoms with Crippen molar-refractivity contribution in [3.63, 3.8) is 0 Å². The summed E-state index contributed by atoms with van der Waals surface area (Å²) in [6, 6.07) is 9.65. The molecule has 2 heterocycles. The van der Waals surface area contributed by atoms with E-state index >= 15 is 4.39 Å². The number of hydrogen-bond donors (Lipinski definition) is 2. The number of carbonyl (C=O) groups is 2. The number of nitrogens with two attached hydrogens (primary N) is 1. The van der Waals surface area contributed by atoms with E-state index in [1.807, 2.05) is 17.0 Å². The summed E-state index contributed by atoms with van der Waals surface area (Å²) in [5.74, 6) is -0.157. The van der Waals surface area contributed by atoms with Gasteiger partial charge in [-0.3, -0.25) is 14.9 Å². The molecule has 2 fully saturated rings. The molecule has 0 saturated carbocycles. The lowest BCUT2D eigenvalue weighted by Crippen LogP contribution is -2.57. The van der Waals surface area contributed by atoms with Gasteiger partial charge in [0.15, 0.2) is 0 Å². The molecule has 2 unspecified atom stereocenters. The predicted octanol–water partition coefficient (Wildman–Crippen LogP) is 5.17. The molecular formula is C31H42Cl2FN5O2. The molecule has 2 aliphatic heterocycles. The van der Waals surface area contributed by atoms with Gasteiger partial charge in [-0.15, -0.1) is 0 Å². The highest BCUT2D eigenvalue weighted by Gasteiger charge is 2.38. The number of benzene rings is 2. The summed E-state index contributed by atoms with van der Waals surface area (Å²) in [7, 11) is 0. The SMILES string of the molecule is CCCNC(N)(CC(C)C)c1cccc(F)c1N1CCN(C(=O)C(Cc2ccc(Cl)cc2Cl)N2CCCC2=O)CC1. The minimum absolute atomic E-state index is 0.0212. The molecule has 0 aliphatic carbocycles. The van der Waals surface area contributed by atoms with Gasteiger partial charge < -0.3 is 20.4 Å². The molecule has 224 valence electrons. The lowest BCUT2D eigenvalue weighted by atomic mass is 9.88. The number of piperazine rings is 1. The van der Waals surface area contributed by atoms with E-state index in [-0.39, 0.29) is 17.6 Å². The topological polar surface area (TPSA) is 81.9 Å². The fraction of sp³-hybridized carbons (Fsp3) is 0.548. The number of carbonyl (C=O) groups excluding carboxylic acids is 2. The minimum Gasteiger partial charge on any atom is -0.365 e. The molecule has 2 aliphatic rings. The quantitative estimate of drug-likeness (QED) is 0.345. The number of amides is 2. The first kappa shape index (κ1) is 31.5. The molecule has 10 heteroatoms. The van der Waals surface area contributed by atoms with Crippen molar-refractivity contribution in [3.8, 4) is 0 Å². The lowest BCUT2D eigenvalue weighted by molar-refractivity contribution is -0.143. The van der Waals surface area contributed by atoms with E-state index in [0.717, 1.165) is 30.5 Å². The van der Waals surface area contributed by atoms with Gasteiger partial charge in [0.05, 0.1) is 11.4 Å². The number of halogens is 3. The second kappa shape index (κ2) is 13.7. The van der Waals surface area contributed by atoms with Crippen molar-refractivity contribution in [2.24, 2.45) is 11.7 Å². The van der Waals surface area contributed by atoms with Gasteiger partial charge in [0, 0.05) is 61.2 Å². The number of hydrogen-bond acceptors (Lipinski definition) is 5. The molecule has 0 bridgehead atoms. The third kappa shape index (κ3) is 7.34. The van der Waals surface area contributed by atoms with Gasteiger partial charge in [0.1, 0.15) is 11.9 Å². The second-order valence-corrected chi connectivity index (χ2v) is 12.4. The van der Waals surface area contributed by atoms with Crippen molar-refractivity contribution in [1.82, 2.24) is 15.1 Å². The van der Waals surface area contributed by atoms with Crippen LogP contribution in [-0.2, 0) is 21.7 Å². The summed E-state index contributed by atoms with van der Waals surface area (Å²) in [6.07, 6.45) is 3.03. The Morgan fingerprint density at radius 1 is 1.12 bits per heavy atom. The zero-order chi connectivity index (χ0) is 29.7. The number of anilines is 1. The first-order chi connectivity index (χ1) is 19.5. The van der Waals surface area contributed by atoms with Crippen molar-refractivity contribution >= 4 is 40.7 Å². The normalized spacial score (nSPS) is 18.2. The average molecular weight is 607 g/mol. The summed E-state index contributed by atoms with van der Waals surface area (Å²) >= 11 is 12.5. The van der Waals surface area contributed by atoms with E-state index < -0.39 is 11.7 Å². The Kier molecular flexibility index (Phi) is 10.6. The summed E-state index contributed by atoms with van der Waals surface area (Å²) in [6.45, 7) is 9.27. The van der Waals surface area contributed by atoms with Crippen LogP contribution in [0.5, 0.6) is 0 Å². The molecule has 4 rings (SSSR count). The van der Waals surface area contributed by atoms with E-state index in [2.05, 4.69) is 26.1 Å². The first-order valence-corrected chi connectivity index (χ1v) is 15.4. The van der Waals surface area contributed by atoms with Gasteiger partial charge >= 0.3 is 0 Å². The van der Waals surface area contributed by atoms with Crippen LogP contribution < -0.4 is 16.0 Å². The molecule has 0 spiro atoms. The summed E-state index contributed by atoms with van der Waals surface area (Å²) in [4.78, 5) is 32.1. The number of nitrogens with zero attached hydrogens (tertiary/aromatic N) is 3. The van der Waals surface area contributed by atoms with E-state index in [0.29, 0.717) is 73.6 Å². The average Bonchev–Trinajstić information content (AvgIpc) is 3.36. The van der Waals surface area contributed by atoms with Crippen LogP contribution >= 0.6 is 23.2 Å². The maximum absolute atomic E-state index is 15.5. The van der Waals surface area contributed by atoms with Gasteiger partial charge in [0.25, 0.3) is 0 Å². The van der Waals surface area contributed by atoms with E-state index in [1.54, 1.807) is 28.0 Å². The summed E-state index contributed by atoms with van der Waals surface area (Å²) < 4.78 is 15.5. The molecule has 2 amide bonds. The van der Waals surface area contributed by atoms with E-state index in [1.165, 1.54) is 6.07 Å². The summed E-state index contributed by atoms with van der Waals surface area (Å²) in [5, 5.41) is 4.46. The Balaban J connectivity index is 1.55. The largest absolute Gasteiger partial charge is 0.365 e. The number of nitrogens with one attached hydrogen (secondary N) is 1. The van der Waals surface area contributed by atoms with Crippen molar-refractivity contribution < 1.29 is 14.0 Å². The Hall–Kier alpha value is -2.39. The van der Waals surface area contributed by atoms with Gasteiger partial charge in [-0.05, 0) is 55.5 Å². The lowest BCUT2D eigenvalue weighted by Gasteiger charge is -2.42. The molecule has 2 aromatic rings. The van der Waals surface area contributed by atoms with Gasteiger partial charge in [-0.1, -0.05) is 62.2 Å². The standard InChI is InChI=1S/C31H42Cl2FN5O2/c1-4-12-36-31(35,20-21(2)3)24-7-5-8-26(34)29(24)37-14-16-38(17-15-37)30(41)27(39-13-6-9-28(39)40)18-22-10-11-23(32)19-25(22)33/h5,7-8,10-11,19,21,27,36H,4,6,9,12-18,20,35H2,1-3H3. The maximum atomic E-state index is 15.5. The smallest absolute Gasteiger partial charge is 0.245 e. The molecule has 7 nitrogen and oxygen atoms in total. The van der Waals surface area contributed by atoms with Crippen LogP contribution in [0.4, 0.5) is 10.1 Å². The molecule has 3 N–H and O–H groups in total. The number of likely N-dealkylation sites (tertiary alicyclic amines) is 1. The Bertz CT molecular complexity index is 1240. The fourth-order valence-electron chi connectivity index (χ4n) is 6.05. The number of para-hydroxylation sites is 1. The Morgan fingerprint density at radius 3 is 2.46 bits per heavy atom. The highest BCUT2D eigenvalue weighted by atomic mass is 35.5.